The summed E-state index contributed by atoms with van der Waals surface area (Å²) >= 11 is 1.31. The van der Waals surface area contributed by atoms with E-state index in [4.69, 9.17) is 14.2 Å². The molecular formula is C28H31NO10S. The minimum Gasteiger partial charge on any atom is -0.507 e. The fourth-order valence-corrected chi connectivity index (χ4v) is 6.43. The van der Waals surface area contributed by atoms with Crippen LogP contribution in [0.5, 0.6) is 17.2 Å². The van der Waals surface area contributed by atoms with Crippen LogP contribution in [-0.4, -0.2) is 81.3 Å². The van der Waals surface area contributed by atoms with Crippen molar-refractivity contribution in [2.24, 2.45) is 0 Å². The van der Waals surface area contributed by atoms with Gasteiger partial charge in [0, 0.05) is 36.0 Å². The van der Waals surface area contributed by atoms with Gasteiger partial charge in [-0.3, -0.25) is 19.1 Å². The monoisotopic (exact) mass is 573 g/mol. The molecule has 0 bridgehead atoms. The van der Waals surface area contributed by atoms with Crippen molar-refractivity contribution in [1.82, 2.24) is 4.72 Å². The van der Waals surface area contributed by atoms with Gasteiger partial charge in [0.05, 0.1) is 48.2 Å². The van der Waals surface area contributed by atoms with Crippen LogP contribution in [0.1, 0.15) is 75.8 Å². The zero-order valence-corrected chi connectivity index (χ0v) is 23.2. The maximum absolute atomic E-state index is 13.7. The Morgan fingerprint density at radius 2 is 1.85 bits per heavy atom. The van der Waals surface area contributed by atoms with Crippen molar-refractivity contribution in [3.05, 3.63) is 51.6 Å². The molecule has 11 nitrogen and oxygen atoms in total. The predicted molar refractivity (Wildman–Crippen MR) is 143 cm³/mol. The van der Waals surface area contributed by atoms with E-state index in [2.05, 4.69) is 4.72 Å². The highest BCUT2D eigenvalue weighted by atomic mass is 32.2. The first-order valence-electron chi connectivity index (χ1n) is 12.8. The van der Waals surface area contributed by atoms with E-state index >= 15 is 0 Å². The van der Waals surface area contributed by atoms with Crippen LogP contribution in [-0.2, 0) is 20.7 Å². The minimum absolute atomic E-state index is 0.00701. The summed E-state index contributed by atoms with van der Waals surface area (Å²) in [5.41, 5.74) is -2.95. The van der Waals surface area contributed by atoms with Crippen LogP contribution in [0.25, 0.3) is 0 Å². The summed E-state index contributed by atoms with van der Waals surface area (Å²) in [5.74, 6) is -3.10. The number of fused-ring (bicyclic) bond motifs is 3. The molecule has 214 valence electrons. The van der Waals surface area contributed by atoms with Crippen molar-refractivity contribution in [2.45, 2.75) is 69.4 Å². The second-order valence-corrected chi connectivity index (χ2v) is 11.0. The van der Waals surface area contributed by atoms with Gasteiger partial charge in [0.25, 0.3) is 0 Å². The molecule has 0 amide bonds. The topological polar surface area (TPSA) is 172 Å². The first-order valence-corrected chi connectivity index (χ1v) is 14.0. The molecule has 40 heavy (non-hydrogen) atoms. The molecule has 1 saturated heterocycles. The van der Waals surface area contributed by atoms with Gasteiger partial charge < -0.3 is 34.6 Å². The van der Waals surface area contributed by atoms with Crippen molar-refractivity contribution < 1.29 is 49.0 Å². The number of aliphatic hydroxyl groups is 2. The number of rotatable bonds is 6. The maximum Gasteiger partial charge on any atom is 0.202 e. The van der Waals surface area contributed by atoms with Crippen LogP contribution in [0, 0.1) is 0 Å². The van der Waals surface area contributed by atoms with Gasteiger partial charge >= 0.3 is 0 Å². The summed E-state index contributed by atoms with van der Waals surface area (Å²) in [6.07, 6.45) is -2.33. The number of benzene rings is 2. The number of carbonyl (C=O) groups excluding carboxylic acids is 3. The number of phenols is 2. The second-order valence-electron chi connectivity index (χ2n) is 10.4. The highest BCUT2D eigenvalue weighted by molar-refractivity contribution is 7.96. The van der Waals surface area contributed by atoms with Crippen molar-refractivity contribution >= 4 is 29.3 Å². The molecule has 0 spiro atoms. The van der Waals surface area contributed by atoms with Gasteiger partial charge in [-0.05, 0) is 26.2 Å². The van der Waals surface area contributed by atoms with E-state index < -0.39 is 82.6 Å². The van der Waals surface area contributed by atoms with E-state index in [-0.39, 0.29) is 40.8 Å². The van der Waals surface area contributed by atoms with E-state index in [9.17, 15) is 34.8 Å². The number of carbonyl (C=O) groups is 3. The highest BCUT2D eigenvalue weighted by Crippen LogP contribution is 2.52. The molecule has 2 aliphatic carbocycles. The lowest BCUT2D eigenvalue weighted by Crippen LogP contribution is -2.53. The number of aromatic hydroxyl groups is 2. The number of nitrogens with one attached hydrogen (secondary N) is 1. The van der Waals surface area contributed by atoms with Gasteiger partial charge in [-0.25, -0.2) is 0 Å². The number of ether oxygens (including phenoxy) is 3. The molecule has 0 saturated carbocycles. The lowest BCUT2D eigenvalue weighted by atomic mass is 9.72. The van der Waals surface area contributed by atoms with Crippen LogP contribution in [0.3, 0.4) is 0 Å². The summed E-state index contributed by atoms with van der Waals surface area (Å²) < 4.78 is 20.5. The molecule has 2 aromatic rings. The molecule has 5 rings (SSSR count). The number of phenolic OH excluding ortho intramolecular Hbond substituents is 2. The molecule has 12 heteroatoms. The molecule has 1 aliphatic heterocycles. The van der Waals surface area contributed by atoms with Gasteiger partial charge in [0.15, 0.2) is 17.9 Å². The average molecular weight is 574 g/mol. The Kier molecular flexibility index (Phi) is 7.44. The number of Topliss-reactive ketones (excluding diaryl/α,β-unsaturated/α-hetero) is 1. The van der Waals surface area contributed by atoms with Crippen LogP contribution in [0.2, 0.25) is 0 Å². The Labute approximate surface area is 234 Å². The van der Waals surface area contributed by atoms with E-state index in [0.717, 1.165) is 0 Å². The van der Waals surface area contributed by atoms with Crippen molar-refractivity contribution in [1.29, 1.82) is 0 Å². The molecule has 6 atom stereocenters. The van der Waals surface area contributed by atoms with E-state index in [1.165, 1.54) is 44.2 Å². The molecule has 0 aromatic heterocycles. The zero-order valence-electron chi connectivity index (χ0n) is 22.4. The van der Waals surface area contributed by atoms with Crippen molar-refractivity contribution in [3.8, 4) is 17.2 Å². The van der Waals surface area contributed by atoms with Gasteiger partial charge in [0.1, 0.15) is 22.8 Å². The Balaban J connectivity index is 1.65. The third kappa shape index (κ3) is 4.39. The molecule has 0 radical (unpaired) electrons. The number of methoxy groups -OCH3 is 1. The molecule has 5 N–H and O–H groups in total. The lowest BCUT2D eigenvalue weighted by molar-refractivity contribution is -0.248. The molecule has 2 aromatic carbocycles. The van der Waals surface area contributed by atoms with E-state index in [0.29, 0.717) is 0 Å². The summed E-state index contributed by atoms with van der Waals surface area (Å²) in [5, 5.41) is 44.8. The fourth-order valence-electron chi connectivity index (χ4n) is 5.89. The SMILES string of the molecule is COc1cccc2c1C(=O)c1c(O)c3c(c(O)c1C2=O)C[C@@](O)(C(C)=O)C[C@@H]3O[C@H]1CC(NSC)[C@H](O)[C@H](C)O1. The molecule has 3 aliphatic rings. The Hall–Kier alpha value is -3.00. The lowest BCUT2D eigenvalue weighted by Gasteiger charge is -2.42. The summed E-state index contributed by atoms with van der Waals surface area (Å²) in [6, 6.07) is 4.05. The van der Waals surface area contributed by atoms with Gasteiger partial charge in [-0.2, -0.15) is 0 Å². The second kappa shape index (κ2) is 10.4. The molecular weight excluding hydrogens is 542 g/mol. The maximum atomic E-state index is 13.7. The fraction of sp³-hybridized carbons (Fsp3) is 0.464. The summed E-state index contributed by atoms with van der Waals surface area (Å²) in [6.45, 7) is 2.87. The van der Waals surface area contributed by atoms with Gasteiger partial charge in [-0.15, -0.1) is 0 Å². The van der Waals surface area contributed by atoms with Crippen LogP contribution in [0.4, 0.5) is 0 Å². The first kappa shape index (κ1) is 28.5. The standard InChI is InChI=1S/C28H31NO10S/c1-11-23(31)15(29-40-4)8-18(38-11)39-17-10-28(36,12(2)30)9-14-20(17)27(35)22-21(25(14)33)24(32)13-6-5-7-16(37-3)19(13)26(22)34/h5-7,11,15,17-18,23,29,31,33,35-36H,8-10H2,1-4H3/t11-,15?,17-,18-,23+,28-/m0/s1. The quantitative estimate of drug-likeness (QED) is 0.215. The summed E-state index contributed by atoms with van der Waals surface area (Å²) in [4.78, 5) is 39.8. The van der Waals surface area contributed by atoms with Gasteiger partial charge in [-0.1, -0.05) is 24.1 Å². The highest BCUT2D eigenvalue weighted by Gasteiger charge is 2.49. The Bertz CT molecular complexity index is 1410. The third-order valence-electron chi connectivity index (χ3n) is 8.02. The smallest absolute Gasteiger partial charge is 0.202 e. The molecule has 1 fully saturated rings. The van der Waals surface area contributed by atoms with Gasteiger partial charge in [0.2, 0.25) is 5.78 Å². The number of hydrogen-bond acceptors (Lipinski definition) is 12. The van der Waals surface area contributed by atoms with Crippen molar-refractivity contribution in [2.75, 3.05) is 13.4 Å². The third-order valence-corrected chi connectivity index (χ3v) is 8.56. The number of aliphatic hydroxyl groups excluding tert-OH is 1. The zero-order chi connectivity index (χ0) is 29.1. The van der Waals surface area contributed by atoms with Crippen LogP contribution in [0.15, 0.2) is 18.2 Å². The summed E-state index contributed by atoms with van der Waals surface area (Å²) in [7, 11) is 1.35. The average Bonchev–Trinajstić information content (AvgIpc) is 2.91. The van der Waals surface area contributed by atoms with Crippen LogP contribution >= 0.6 is 11.9 Å². The molecule has 1 heterocycles. The predicted octanol–water partition coefficient (Wildman–Crippen LogP) is 1.94. The Morgan fingerprint density at radius 3 is 2.50 bits per heavy atom. The number of hydrogen-bond donors (Lipinski definition) is 5. The normalized spacial score (nSPS) is 29.4. The first-order chi connectivity index (χ1) is 18.9. The Morgan fingerprint density at radius 1 is 1.15 bits per heavy atom. The molecule has 1 unspecified atom stereocenters. The largest absolute Gasteiger partial charge is 0.507 e. The van der Waals surface area contributed by atoms with E-state index in [1.807, 2.05) is 6.26 Å². The van der Waals surface area contributed by atoms with E-state index in [1.54, 1.807) is 6.92 Å². The minimum atomic E-state index is -1.99. The van der Waals surface area contributed by atoms with Crippen molar-refractivity contribution in [3.63, 3.8) is 0 Å². The van der Waals surface area contributed by atoms with Crippen LogP contribution < -0.4 is 9.46 Å². The number of ketones is 3.